The number of aromatic nitrogens is 2. The van der Waals surface area contributed by atoms with Crippen LogP contribution in [-0.4, -0.2) is 63.5 Å². The van der Waals surface area contributed by atoms with E-state index in [4.69, 9.17) is 4.74 Å². The highest BCUT2D eigenvalue weighted by atomic mass is 32.1. The van der Waals surface area contributed by atoms with Gasteiger partial charge in [0.25, 0.3) is 11.8 Å². The van der Waals surface area contributed by atoms with E-state index >= 15 is 0 Å². The van der Waals surface area contributed by atoms with E-state index < -0.39 is 6.10 Å². The molecular weight excluding hydrogens is 352 g/mol. The third-order valence-corrected chi connectivity index (χ3v) is 5.73. The third-order valence-electron chi connectivity index (χ3n) is 4.92. The van der Waals surface area contributed by atoms with Gasteiger partial charge in [-0.15, -0.1) is 5.10 Å². The summed E-state index contributed by atoms with van der Waals surface area (Å²) in [6.07, 6.45) is 0.238. The van der Waals surface area contributed by atoms with Gasteiger partial charge in [-0.1, -0.05) is 28.8 Å². The van der Waals surface area contributed by atoms with Gasteiger partial charge in [0.1, 0.15) is 4.88 Å². The molecule has 136 valence electrons. The molecule has 2 amide bonds. The summed E-state index contributed by atoms with van der Waals surface area (Å²) in [6.45, 7) is 4.15. The first kappa shape index (κ1) is 17.1. The molecule has 2 aliphatic rings. The Balaban J connectivity index is 1.44. The molecule has 2 aliphatic heterocycles. The van der Waals surface area contributed by atoms with Gasteiger partial charge < -0.3 is 14.5 Å². The Morgan fingerprint density at radius 1 is 1.19 bits per heavy atom. The summed E-state index contributed by atoms with van der Waals surface area (Å²) in [6, 6.07) is 8.20. The van der Waals surface area contributed by atoms with Crippen LogP contribution in [0.3, 0.4) is 0 Å². The zero-order valence-electron chi connectivity index (χ0n) is 14.6. The van der Waals surface area contributed by atoms with E-state index in [1.165, 1.54) is 11.1 Å². The number of rotatable bonds is 2. The lowest BCUT2D eigenvalue weighted by atomic mass is 9.99. The van der Waals surface area contributed by atoms with Crippen molar-refractivity contribution in [3.8, 4) is 0 Å². The molecule has 1 saturated heterocycles. The number of hydrogen-bond acceptors (Lipinski definition) is 6. The van der Waals surface area contributed by atoms with Crippen LogP contribution in [0.4, 0.5) is 0 Å². The predicted molar refractivity (Wildman–Crippen MR) is 95.9 cm³/mol. The van der Waals surface area contributed by atoms with Crippen molar-refractivity contribution >= 4 is 23.3 Å². The van der Waals surface area contributed by atoms with Crippen LogP contribution in [0.5, 0.6) is 0 Å². The zero-order chi connectivity index (χ0) is 18.1. The molecule has 0 N–H and O–H groups in total. The van der Waals surface area contributed by atoms with Gasteiger partial charge in [-0.25, -0.2) is 0 Å². The Morgan fingerprint density at radius 3 is 2.77 bits per heavy atom. The minimum absolute atomic E-state index is 0.0452. The van der Waals surface area contributed by atoms with Crippen molar-refractivity contribution in [1.82, 2.24) is 19.4 Å². The second kappa shape index (κ2) is 7.13. The van der Waals surface area contributed by atoms with Crippen LogP contribution in [0.25, 0.3) is 0 Å². The molecule has 1 aromatic carbocycles. The van der Waals surface area contributed by atoms with Crippen LogP contribution >= 0.6 is 11.5 Å². The molecular formula is C18H20N4O3S. The standard InChI is InChI=1S/C18H20N4O3S/c1-12-16(26-20-19-12)18(24)22-8-9-25-15(11-22)17(23)21-7-6-13-4-2-3-5-14(13)10-21/h2-5,15H,6-11H2,1H3/t15-/m1/s1. The molecule has 3 heterocycles. The van der Waals surface area contributed by atoms with E-state index in [0.29, 0.717) is 36.8 Å². The summed E-state index contributed by atoms with van der Waals surface area (Å²) in [4.78, 5) is 29.6. The Kier molecular flexibility index (Phi) is 4.69. The van der Waals surface area contributed by atoms with E-state index in [9.17, 15) is 9.59 Å². The maximum atomic E-state index is 12.9. The number of carbonyl (C=O) groups is 2. The topological polar surface area (TPSA) is 75.6 Å². The number of benzene rings is 1. The number of carbonyl (C=O) groups excluding carboxylic acids is 2. The largest absolute Gasteiger partial charge is 0.365 e. The van der Waals surface area contributed by atoms with Crippen molar-refractivity contribution in [2.45, 2.75) is 26.0 Å². The van der Waals surface area contributed by atoms with Crippen molar-refractivity contribution in [3.05, 3.63) is 46.0 Å². The molecule has 1 atom stereocenters. The number of nitrogens with zero attached hydrogens (tertiary/aromatic N) is 4. The lowest BCUT2D eigenvalue weighted by Gasteiger charge is -2.36. The summed E-state index contributed by atoms with van der Waals surface area (Å²) in [7, 11) is 0. The molecule has 1 fully saturated rings. The van der Waals surface area contributed by atoms with Crippen LogP contribution in [0, 0.1) is 6.92 Å². The Labute approximate surface area is 155 Å². The van der Waals surface area contributed by atoms with Gasteiger partial charge in [0, 0.05) is 19.6 Å². The van der Waals surface area contributed by atoms with E-state index in [0.717, 1.165) is 18.0 Å². The molecule has 2 aromatic rings. The van der Waals surface area contributed by atoms with Gasteiger partial charge in [-0.3, -0.25) is 9.59 Å². The first-order valence-corrected chi connectivity index (χ1v) is 9.46. The lowest BCUT2D eigenvalue weighted by molar-refractivity contribution is -0.149. The highest BCUT2D eigenvalue weighted by Gasteiger charge is 2.34. The van der Waals surface area contributed by atoms with Crippen LogP contribution in [0.15, 0.2) is 24.3 Å². The second-order valence-electron chi connectivity index (χ2n) is 6.58. The fourth-order valence-electron chi connectivity index (χ4n) is 3.44. The van der Waals surface area contributed by atoms with Crippen LogP contribution in [0.1, 0.15) is 26.5 Å². The second-order valence-corrected chi connectivity index (χ2v) is 7.33. The fraction of sp³-hybridized carbons (Fsp3) is 0.444. The molecule has 0 radical (unpaired) electrons. The van der Waals surface area contributed by atoms with Crippen molar-refractivity contribution in [3.63, 3.8) is 0 Å². The summed E-state index contributed by atoms with van der Waals surface area (Å²) in [5.41, 5.74) is 3.11. The molecule has 0 bridgehead atoms. The van der Waals surface area contributed by atoms with E-state index in [1.807, 2.05) is 17.0 Å². The number of hydrogen-bond donors (Lipinski definition) is 0. The quantitative estimate of drug-likeness (QED) is 0.794. The molecule has 8 heteroatoms. The number of amides is 2. The predicted octanol–water partition coefficient (Wildman–Crippen LogP) is 1.27. The maximum absolute atomic E-state index is 12.9. The number of aryl methyl sites for hydroxylation is 1. The van der Waals surface area contributed by atoms with Crippen molar-refractivity contribution < 1.29 is 14.3 Å². The molecule has 26 heavy (non-hydrogen) atoms. The Bertz CT molecular complexity index is 837. The van der Waals surface area contributed by atoms with Crippen molar-refractivity contribution in [2.24, 2.45) is 0 Å². The number of morpholine rings is 1. The van der Waals surface area contributed by atoms with E-state index in [2.05, 4.69) is 21.7 Å². The van der Waals surface area contributed by atoms with Gasteiger partial charge in [-0.2, -0.15) is 0 Å². The Hall–Kier alpha value is -2.32. The summed E-state index contributed by atoms with van der Waals surface area (Å²) < 4.78 is 9.52. The Morgan fingerprint density at radius 2 is 2.00 bits per heavy atom. The third kappa shape index (κ3) is 3.22. The highest BCUT2D eigenvalue weighted by Crippen LogP contribution is 2.21. The summed E-state index contributed by atoms with van der Waals surface area (Å²) >= 11 is 1.09. The lowest BCUT2D eigenvalue weighted by Crippen LogP contribution is -2.53. The van der Waals surface area contributed by atoms with E-state index in [-0.39, 0.29) is 18.4 Å². The molecule has 0 saturated carbocycles. The molecule has 4 rings (SSSR count). The first-order valence-electron chi connectivity index (χ1n) is 8.69. The molecule has 0 unspecified atom stereocenters. The number of fused-ring (bicyclic) bond motifs is 1. The molecule has 1 aromatic heterocycles. The maximum Gasteiger partial charge on any atom is 0.267 e. The van der Waals surface area contributed by atoms with Crippen LogP contribution in [-0.2, 0) is 22.5 Å². The van der Waals surface area contributed by atoms with Crippen LogP contribution in [0.2, 0.25) is 0 Å². The molecule has 0 aliphatic carbocycles. The van der Waals surface area contributed by atoms with Gasteiger partial charge >= 0.3 is 0 Å². The van der Waals surface area contributed by atoms with Crippen molar-refractivity contribution in [1.29, 1.82) is 0 Å². The van der Waals surface area contributed by atoms with E-state index in [1.54, 1.807) is 11.8 Å². The summed E-state index contributed by atoms with van der Waals surface area (Å²) in [5.74, 6) is -0.168. The zero-order valence-corrected chi connectivity index (χ0v) is 15.4. The van der Waals surface area contributed by atoms with Gasteiger partial charge in [0.2, 0.25) is 0 Å². The van der Waals surface area contributed by atoms with Gasteiger partial charge in [0.15, 0.2) is 6.10 Å². The normalized spacial score (nSPS) is 20.0. The first-order chi connectivity index (χ1) is 12.6. The van der Waals surface area contributed by atoms with Crippen LogP contribution < -0.4 is 0 Å². The number of ether oxygens (including phenoxy) is 1. The monoisotopic (exact) mass is 372 g/mol. The highest BCUT2D eigenvalue weighted by molar-refractivity contribution is 7.07. The minimum atomic E-state index is -0.612. The summed E-state index contributed by atoms with van der Waals surface area (Å²) in [5, 5.41) is 3.90. The van der Waals surface area contributed by atoms with Gasteiger partial charge in [0.05, 0.1) is 18.8 Å². The SMILES string of the molecule is Cc1nnsc1C(=O)N1CCO[C@@H](C(=O)N2CCc3ccccc3C2)C1. The smallest absolute Gasteiger partial charge is 0.267 e. The average molecular weight is 372 g/mol. The molecule has 7 nitrogen and oxygen atoms in total. The minimum Gasteiger partial charge on any atom is -0.365 e. The van der Waals surface area contributed by atoms with Crippen molar-refractivity contribution in [2.75, 3.05) is 26.2 Å². The van der Waals surface area contributed by atoms with Gasteiger partial charge in [-0.05, 0) is 36.0 Å². The molecule has 0 spiro atoms. The average Bonchev–Trinajstić information content (AvgIpc) is 3.12. The fourth-order valence-corrected chi connectivity index (χ4v) is 4.07.